The number of hydrogen-bond acceptors (Lipinski definition) is 3. The third-order valence-electron chi connectivity index (χ3n) is 3.77. The Labute approximate surface area is 128 Å². The Morgan fingerprint density at radius 2 is 2.14 bits per heavy atom. The van der Waals surface area contributed by atoms with Crippen LogP contribution in [0.15, 0.2) is 18.2 Å². The van der Waals surface area contributed by atoms with Crippen LogP contribution < -0.4 is 4.74 Å². The van der Waals surface area contributed by atoms with Crippen molar-refractivity contribution in [1.82, 2.24) is 4.90 Å². The lowest BCUT2D eigenvalue weighted by Crippen LogP contribution is -2.33. The van der Waals surface area contributed by atoms with E-state index in [1.807, 2.05) is 13.8 Å². The number of hydrogen-bond donors (Lipinski definition) is 1. The molecule has 0 aliphatic carbocycles. The van der Waals surface area contributed by atoms with Gasteiger partial charge >= 0.3 is 5.97 Å². The van der Waals surface area contributed by atoms with Crippen LogP contribution in [0.3, 0.4) is 0 Å². The Morgan fingerprint density at radius 3 is 2.71 bits per heavy atom. The average Bonchev–Trinajstić information content (AvgIpc) is 2.82. The summed E-state index contributed by atoms with van der Waals surface area (Å²) in [6.45, 7) is 4.31. The van der Waals surface area contributed by atoms with Gasteiger partial charge in [-0.1, -0.05) is 18.5 Å². The van der Waals surface area contributed by atoms with Gasteiger partial charge in [0.25, 0.3) is 5.91 Å². The Morgan fingerprint density at radius 1 is 1.43 bits per heavy atom. The van der Waals surface area contributed by atoms with Crippen LogP contribution in [0, 0.1) is 18.8 Å². The molecule has 0 aromatic heterocycles. The molecule has 2 unspecified atom stereocenters. The largest absolute Gasteiger partial charge is 0.484 e. The fraction of sp³-hybridized carbons (Fsp3) is 0.467. The van der Waals surface area contributed by atoms with E-state index < -0.39 is 11.9 Å². The van der Waals surface area contributed by atoms with Crippen LogP contribution in [-0.2, 0) is 9.59 Å². The normalized spacial score (nSPS) is 21.4. The van der Waals surface area contributed by atoms with E-state index in [2.05, 4.69) is 0 Å². The minimum absolute atomic E-state index is 0.0378. The molecule has 1 aliphatic heterocycles. The fourth-order valence-corrected chi connectivity index (χ4v) is 2.55. The minimum atomic E-state index is -0.855. The van der Waals surface area contributed by atoms with E-state index in [4.69, 9.17) is 21.4 Å². The van der Waals surface area contributed by atoms with E-state index >= 15 is 0 Å². The molecule has 1 saturated heterocycles. The van der Waals surface area contributed by atoms with Crippen LogP contribution in [0.5, 0.6) is 5.75 Å². The van der Waals surface area contributed by atoms with E-state index in [9.17, 15) is 9.59 Å². The standard InChI is InChI=1S/C15H18ClNO4/c1-9-5-11(3-4-13(9)16)21-8-14(18)17-6-10(2)12(7-17)15(19)20/h3-5,10,12H,6-8H2,1-2H3,(H,19,20). The zero-order chi connectivity index (χ0) is 15.6. The van der Waals surface area contributed by atoms with Crippen molar-refractivity contribution in [3.05, 3.63) is 28.8 Å². The number of carbonyl (C=O) groups excluding carboxylic acids is 1. The van der Waals surface area contributed by atoms with Gasteiger partial charge < -0.3 is 14.7 Å². The summed E-state index contributed by atoms with van der Waals surface area (Å²) in [4.78, 5) is 24.7. The fourth-order valence-electron chi connectivity index (χ4n) is 2.44. The number of amides is 1. The summed E-state index contributed by atoms with van der Waals surface area (Å²) in [5.74, 6) is -1.01. The van der Waals surface area contributed by atoms with Crippen molar-refractivity contribution < 1.29 is 19.4 Å². The number of halogens is 1. The van der Waals surface area contributed by atoms with Crippen molar-refractivity contribution in [2.45, 2.75) is 13.8 Å². The maximum Gasteiger partial charge on any atom is 0.308 e. The summed E-state index contributed by atoms with van der Waals surface area (Å²) < 4.78 is 5.45. The molecule has 0 radical (unpaired) electrons. The molecule has 114 valence electrons. The van der Waals surface area contributed by atoms with Gasteiger partial charge in [0.1, 0.15) is 5.75 Å². The number of carboxylic acids is 1. The lowest BCUT2D eigenvalue weighted by Gasteiger charge is -2.16. The lowest BCUT2D eigenvalue weighted by molar-refractivity contribution is -0.142. The van der Waals surface area contributed by atoms with Gasteiger partial charge in [-0.25, -0.2) is 0 Å². The van der Waals surface area contributed by atoms with E-state index in [-0.39, 0.29) is 25.0 Å². The molecule has 1 aromatic carbocycles. The smallest absolute Gasteiger partial charge is 0.308 e. The third kappa shape index (κ3) is 3.67. The molecule has 1 N–H and O–H groups in total. The van der Waals surface area contributed by atoms with E-state index in [0.29, 0.717) is 17.3 Å². The molecule has 1 heterocycles. The number of aryl methyl sites for hydroxylation is 1. The topological polar surface area (TPSA) is 66.8 Å². The van der Waals surface area contributed by atoms with Gasteiger partial charge in [-0.15, -0.1) is 0 Å². The van der Waals surface area contributed by atoms with E-state index in [1.54, 1.807) is 23.1 Å². The van der Waals surface area contributed by atoms with Gasteiger partial charge in [0.05, 0.1) is 5.92 Å². The summed E-state index contributed by atoms with van der Waals surface area (Å²) in [5, 5.41) is 9.71. The van der Waals surface area contributed by atoms with Crippen LogP contribution in [-0.4, -0.2) is 41.6 Å². The highest BCUT2D eigenvalue weighted by molar-refractivity contribution is 6.31. The molecular weight excluding hydrogens is 294 g/mol. The molecule has 1 aliphatic rings. The van der Waals surface area contributed by atoms with Crippen LogP contribution in [0.25, 0.3) is 0 Å². The van der Waals surface area contributed by atoms with Crippen molar-refractivity contribution in [2.75, 3.05) is 19.7 Å². The van der Waals surface area contributed by atoms with Crippen molar-refractivity contribution in [2.24, 2.45) is 11.8 Å². The Kier molecular flexibility index (Phi) is 4.73. The number of carbonyl (C=O) groups is 2. The van der Waals surface area contributed by atoms with Gasteiger partial charge in [-0.05, 0) is 36.6 Å². The maximum absolute atomic E-state index is 12.1. The lowest BCUT2D eigenvalue weighted by atomic mass is 9.99. The number of nitrogens with zero attached hydrogens (tertiary/aromatic N) is 1. The zero-order valence-electron chi connectivity index (χ0n) is 12.0. The highest BCUT2D eigenvalue weighted by atomic mass is 35.5. The summed E-state index contributed by atoms with van der Waals surface area (Å²) in [7, 11) is 0. The highest BCUT2D eigenvalue weighted by Gasteiger charge is 2.36. The molecule has 2 atom stereocenters. The first kappa shape index (κ1) is 15.6. The molecule has 0 spiro atoms. The van der Waals surface area contributed by atoms with Crippen molar-refractivity contribution >= 4 is 23.5 Å². The predicted octanol–water partition coefficient (Wildman–Crippen LogP) is 2.21. The first-order chi connectivity index (χ1) is 9.88. The quantitative estimate of drug-likeness (QED) is 0.925. The van der Waals surface area contributed by atoms with E-state index in [0.717, 1.165) is 5.56 Å². The number of aliphatic carboxylic acids is 1. The number of carboxylic acid groups (broad SMARTS) is 1. The molecule has 1 amide bonds. The Hall–Kier alpha value is -1.75. The second-order valence-electron chi connectivity index (χ2n) is 5.42. The molecule has 5 nitrogen and oxygen atoms in total. The van der Waals surface area contributed by atoms with Crippen LogP contribution in [0.2, 0.25) is 5.02 Å². The average molecular weight is 312 g/mol. The second kappa shape index (κ2) is 6.35. The first-order valence-electron chi connectivity index (χ1n) is 6.78. The van der Waals surface area contributed by atoms with Gasteiger partial charge in [0.15, 0.2) is 6.61 Å². The molecule has 0 bridgehead atoms. The summed E-state index contributed by atoms with van der Waals surface area (Å²) in [5.41, 5.74) is 0.877. The molecule has 1 fully saturated rings. The number of ether oxygens (including phenoxy) is 1. The molecule has 0 saturated carbocycles. The Balaban J connectivity index is 1.90. The predicted molar refractivity (Wildman–Crippen MR) is 78.6 cm³/mol. The first-order valence-corrected chi connectivity index (χ1v) is 7.16. The van der Waals surface area contributed by atoms with Crippen molar-refractivity contribution in [3.8, 4) is 5.75 Å². The highest BCUT2D eigenvalue weighted by Crippen LogP contribution is 2.24. The number of rotatable bonds is 4. The van der Waals surface area contributed by atoms with Gasteiger partial charge in [-0.3, -0.25) is 9.59 Å². The van der Waals surface area contributed by atoms with Crippen LogP contribution >= 0.6 is 11.6 Å². The summed E-state index contributed by atoms with van der Waals surface area (Å²) in [6.07, 6.45) is 0. The van der Waals surface area contributed by atoms with Gasteiger partial charge in [0, 0.05) is 18.1 Å². The number of benzene rings is 1. The molecule has 21 heavy (non-hydrogen) atoms. The SMILES string of the molecule is Cc1cc(OCC(=O)N2CC(C)C(C(=O)O)C2)ccc1Cl. The molecular formula is C15H18ClNO4. The second-order valence-corrected chi connectivity index (χ2v) is 5.83. The molecule has 1 aromatic rings. The van der Waals surface area contributed by atoms with Crippen molar-refractivity contribution in [3.63, 3.8) is 0 Å². The van der Waals surface area contributed by atoms with Crippen LogP contribution in [0.4, 0.5) is 0 Å². The van der Waals surface area contributed by atoms with Crippen molar-refractivity contribution in [1.29, 1.82) is 0 Å². The maximum atomic E-state index is 12.1. The molecule has 6 heteroatoms. The summed E-state index contributed by atoms with van der Waals surface area (Å²) >= 11 is 5.92. The van der Waals surface area contributed by atoms with E-state index in [1.165, 1.54) is 0 Å². The monoisotopic (exact) mass is 311 g/mol. The summed E-state index contributed by atoms with van der Waals surface area (Å²) in [6, 6.07) is 5.19. The minimum Gasteiger partial charge on any atom is -0.484 e. The number of likely N-dealkylation sites (tertiary alicyclic amines) is 1. The van der Waals surface area contributed by atoms with Gasteiger partial charge in [0.2, 0.25) is 0 Å². The van der Waals surface area contributed by atoms with Crippen LogP contribution in [0.1, 0.15) is 12.5 Å². The molecule has 2 rings (SSSR count). The zero-order valence-corrected chi connectivity index (χ0v) is 12.8. The van der Waals surface area contributed by atoms with Gasteiger partial charge in [-0.2, -0.15) is 0 Å². The third-order valence-corrected chi connectivity index (χ3v) is 4.20. The Bertz CT molecular complexity index is 561.